The second-order valence-electron chi connectivity index (χ2n) is 4.24. The van der Waals surface area contributed by atoms with Gasteiger partial charge in [0.05, 0.1) is 31.1 Å². The maximum absolute atomic E-state index is 9.27. The molecule has 0 aromatic heterocycles. The van der Waals surface area contributed by atoms with Gasteiger partial charge in [-0.1, -0.05) is 20.8 Å². The maximum Gasteiger partial charge on any atom is 0.182 e. The standard InChI is InChI=1S/C12H21N5/c1-4-10-15-11(5-2)17(9-14)12(6-3)16(10)8-7-13/h10-12,15H,4-6,8H2,1-3H3. The molecule has 0 aromatic rings. The van der Waals surface area contributed by atoms with E-state index in [0.29, 0.717) is 6.54 Å². The van der Waals surface area contributed by atoms with Gasteiger partial charge in [0, 0.05) is 0 Å². The van der Waals surface area contributed by atoms with Crippen molar-refractivity contribution in [3.63, 3.8) is 0 Å². The molecule has 1 aliphatic heterocycles. The van der Waals surface area contributed by atoms with Crippen molar-refractivity contribution in [1.29, 1.82) is 10.5 Å². The molecular formula is C12H21N5. The van der Waals surface area contributed by atoms with Crippen molar-refractivity contribution >= 4 is 0 Å². The number of nitriles is 2. The lowest BCUT2D eigenvalue weighted by Gasteiger charge is -2.49. The highest BCUT2D eigenvalue weighted by atomic mass is 15.5. The van der Waals surface area contributed by atoms with Gasteiger partial charge in [-0.15, -0.1) is 0 Å². The zero-order valence-electron chi connectivity index (χ0n) is 10.8. The summed E-state index contributed by atoms with van der Waals surface area (Å²) in [5, 5.41) is 21.6. The molecule has 5 nitrogen and oxygen atoms in total. The van der Waals surface area contributed by atoms with Crippen molar-refractivity contribution in [3.8, 4) is 12.3 Å². The molecule has 1 aliphatic rings. The molecule has 1 fully saturated rings. The maximum atomic E-state index is 9.27. The van der Waals surface area contributed by atoms with Crippen molar-refractivity contribution < 1.29 is 0 Å². The van der Waals surface area contributed by atoms with E-state index < -0.39 is 0 Å². The minimum Gasteiger partial charge on any atom is -0.281 e. The molecule has 0 amide bonds. The third-order valence-corrected chi connectivity index (χ3v) is 3.33. The van der Waals surface area contributed by atoms with Crippen molar-refractivity contribution in [2.45, 2.75) is 58.5 Å². The smallest absolute Gasteiger partial charge is 0.182 e. The number of rotatable bonds is 4. The normalized spacial score (nSPS) is 29.7. The van der Waals surface area contributed by atoms with E-state index in [1.54, 1.807) is 4.90 Å². The van der Waals surface area contributed by atoms with Crippen LogP contribution in [0, 0.1) is 22.8 Å². The van der Waals surface area contributed by atoms with Crippen LogP contribution in [0.25, 0.3) is 0 Å². The van der Waals surface area contributed by atoms with Crippen LogP contribution < -0.4 is 5.32 Å². The van der Waals surface area contributed by atoms with Crippen LogP contribution in [0.2, 0.25) is 0 Å². The molecule has 1 saturated heterocycles. The van der Waals surface area contributed by atoms with Gasteiger partial charge in [0.25, 0.3) is 0 Å². The van der Waals surface area contributed by atoms with Crippen LogP contribution >= 0.6 is 0 Å². The first-order valence-corrected chi connectivity index (χ1v) is 6.30. The van der Waals surface area contributed by atoms with E-state index in [9.17, 15) is 5.26 Å². The molecule has 0 aliphatic carbocycles. The molecule has 0 saturated carbocycles. The summed E-state index contributed by atoms with van der Waals surface area (Å²) >= 11 is 0. The second kappa shape index (κ2) is 6.44. The van der Waals surface area contributed by atoms with Gasteiger partial charge in [-0.25, -0.2) is 0 Å². The summed E-state index contributed by atoms with van der Waals surface area (Å²) in [4.78, 5) is 3.86. The first-order valence-electron chi connectivity index (χ1n) is 6.30. The molecule has 5 heteroatoms. The Morgan fingerprint density at radius 3 is 2.12 bits per heavy atom. The van der Waals surface area contributed by atoms with Gasteiger partial charge in [-0.05, 0) is 19.3 Å². The van der Waals surface area contributed by atoms with Crippen LogP contribution in [-0.2, 0) is 0 Å². The van der Waals surface area contributed by atoms with E-state index in [-0.39, 0.29) is 18.5 Å². The van der Waals surface area contributed by atoms with Crippen LogP contribution in [0.3, 0.4) is 0 Å². The lowest BCUT2D eigenvalue weighted by Crippen LogP contribution is -2.68. The zero-order chi connectivity index (χ0) is 12.8. The minimum atomic E-state index is 0.0378. The second-order valence-corrected chi connectivity index (χ2v) is 4.24. The average Bonchev–Trinajstić information content (AvgIpc) is 2.37. The molecule has 1 N–H and O–H groups in total. The van der Waals surface area contributed by atoms with Gasteiger partial charge < -0.3 is 0 Å². The molecule has 94 valence electrons. The summed E-state index contributed by atoms with van der Waals surface area (Å²) in [6, 6.07) is 2.19. The summed E-state index contributed by atoms with van der Waals surface area (Å²) in [7, 11) is 0. The molecule has 3 atom stereocenters. The summed E-state index contributed by atoms with van der Waals surface area (Å²) in [5.74, 6) is 0. The van der Waals surface area contributed by atoms with Crippen molar-refractivity contribution in [2.24, 2.45) is 0 Å². The zero-order valence-corrected chi connectivity index (χ0v) is 10.8. The van der Waals surface area contributed by atoms with Gasteiger partial charge in [-0.3, -0.25) is 15.1 Å². The van der Waals surface area contributed by atoms with Crippen molar-refractivity contribution in [1.82, 2.24) is 15.1 Å². The van der Waals surface area contributed by atoms with Gasteiger partial charge in [0.15, 0.2) is 6.19 Å². The van der Waals surface area contributed by atoms with Crippen molar-refractivity contribution in [3.05, 3.63) is 0 Å². The largest absolute Gasteiger partial charge is 0.281 e. The van der Waals surface area contributed by atoms with Crippen LogP contribution in [0.5, 0.6) is 0 Å². The predicted molar refractivity (Wildman–Crippen MR) is 65.1 cm³/mol. The molecule has 1 heterocycles. The van der Waals surface area contributed by atoms with Crippen LogP contribution in [-0.4, -0.2) is 34.8 Å². The van der Waals surface area contributed by atoms with E-state index >= 15 is 0 Å². The lowest BCUT2D eigenvalue weighted by molar-refractivity contribution is -0.0538. The van der Waals surface area contributed by atoms with Gasteiger partial charge >= 0.3 is 0 Å². The average molecular weight is 235 g/mol. The fourth-order valence-corrected chi connectivity index (χ4v) is 2.50. The van der Waals surface area contributed by atoms with Gasteiger partial charge in [-0.2, -0.15) is 10.5 Å². The number of hydrogen-bond acceptors (Lipinski definition) is 5. The fraction of sp³-hybridized carbons (Fsp3) is 0.833. The summed E-state index contributed by atoms with van der Waals surface area (Å²) < 4.78 is 0. The Kier molecular flexibility index (Phi) is 5.21. The molecule has 0 spiro atoms. The number of nitrogens with one attached hydrogen (secondary N) is 1. The quantitative estimate of drug-likeness (QED) is 0.589. The Morgan fingerprint density at radius 1 is 1.06 bits per heavy atom. The molecular weight excluding hydrogens is 214 g/mol. The van der Waals surface area contributed by atoms with E-state index in [2.05, 4.69) is 43.3 Å². The third kappa shape index (κ3) is 2.69. The molecule has 0 aromatic carbocycles. The minimum absolute atomic E-state index is 0.0378. The first-order chi connectivity index (χ1) is 8.23. The molecule has 17 heavy (non-hydrogen) atoms. The molecule has 0 bridgehead atoms. The lowest BCUT2D eigenvalue weighted by atomic mass is 10.1. The fourth-order valence-electron chi connectivity index (χ4n) is 2.50. The first kappa shape index (κ1) is 13.8. The monoisotopic (exact) mass is 235 g/mol. The summed E-state index contributed by atoms with van der Waals surface area (Å²) in [6.45, 7) is 6.59. The van der Waals surface area contributed by atoms with Crippen LogP contribution in [0.1, 0.15) is 40.0 Å². The Bertz CT molecular complexity index is 316. The Labute approximate surface area is 104 Å². The van der Waals surface area contributed by atoms with E-state index in [1.165, 1.54) is 0 Å². The topological polar surface area (TPSA) is 66.1 Å². The Morgan fingerprint density at radius 2 is 1.71 bits per heavy atom. The SMILES string of the molecule is CCC1NC(CC)N(CC#N)C(CC)N1C#N. The highest BCUT2D eigenvalue weighted by molar-refractivity contribution is 4.96. The highest BCUT2D eigenvalue weighted by Gasteiger charge is 2.37. The third-order valence-electron chi connectivity index (χ3n) is 3.33. The summed E-state index contributed by atoms with van der Waals surface area (Å²) in [6.07, 6.45) is 5.25. The van der Waals surface area contributed by atoms with Crippen LogP contribution in [0.4, 0.5) is 0 Å². The van der Waals surface area contributed by atoms with E-state index in [0.717, 1.165) is 19.3 Å². The van der Waals surface area contributed by atoms with Gasteiger partial charge in [0.2, 0.25) is 0 Å². The Hall–Kier alpha value is -1.30. The highest BCUT2D eigenvalue weighted by Crippen LogP contribution is 2.22. The number of nitrogens with zero attached hydrogens (tertiary/aromatic N) is 4. The molecule has 3 unspecified atom stereocenters. The predicted octanol–water partition coefficient (Wildman–Crippen LogP) is 1.41. The van der Waals surface area contributed by atoms with Crippen LogP contribution in [0.15, 0.2) is 0 Å². The Balaban J connectivity index is 2.95. The summed E-state index contributed by atoms with van der Waals surface area (Å²) in [5.41, 5.74) is 0. The molecule has 0 radical (unpaired) electrons. The van der Waals surface area contributed by atoms with Crippen molar-refractivity contribution in [2.75, 3.05) is 6.54 Å². The van der Waals surface area contributed by atoms with E-state index in [1.807, 2.05) is 0 Å². The van der Waals surface area contributed by atoms with Gasteiger partial charge in [0.1, 0.15) is 0 Å². The van der Waals surface area contributed by atoms with E-state index in [4.69, 9.17) is 5.26 Å². The number of hydrogen-bond donors (Lipinski definition) is 1. The molecule has 1 rings (SSSR count).